The van der Waals surface area contributed by atoms with Gasteiger partial charge in [0.2, 0.25) is 5.43 Å². The lowest BCUT2D eigenvalue weighted by Gasteiger charge is -2.35. The fourth-order valence-electron chi connectivity index (χ4n) is 4.36. The summed E-state index contributed by atoms with van der Waals surface area (Å²) >= 11 is 0. The van der Waals surface area contributed by atoms with Crippen LogP contribution in [-0.4, -0.2) is 59.4 Å². The van der Waals surface area contributed by atoms with Gasteiger partial charge in [-0.05, 0) is 54.8 Å². The molecule has 1 saturated carbocycles. The van der Waals surface area contributed by atoms with E-state index in [1.165, 1.54) is 36.7 Å². The summed E-state index contributed by atoms with van der Waals surface area (Å²) in [5, 5.41) is 15.6. The fraction of sp³-hybridized carbons (Fsp3) is 0.320. The van der Waals surface area contributed by atoms with Crippen molar-refractivity contribution in [2.24, 2.45) is 5.10 Å². The number of piperazine rings is 1. The van der Waals surface area contributed by atoms with Crippen LogP contribution in [0.2, 0.25) is 0 Å². The van der Waals surface area contributed by atoms with Gasteiger partial charge in [-0.15, -0.1) is 13.2 Å². The van der Waals surface area contributed by atoms with Gasteiger partial charge in [0.15, 0.2) is 0 Å². The molecule has 2 aliphatic rings. The molecule has 0 radical (unpaired) electrons. The van der Waals surface area contributed by atoms with Gasteiger partial charge in [0.25, 0.3) is 0 Å². The number of carboxylic acid groups (broad SMARTS) is 1. The largest absolute Gasteiger partial charge is 0.573 e. The van der Waals surface area contributed by atoms with Gasteiger partial charge in [-0.3, -0.25) is 9.80 Å². The Kier molecular flexibility index (Phi) is 6.26. The molecule has 0 unspecified atom stereocenters. The van der Waals surface area contributed by atoms with Crippen LogP contribution in [0, 0.1) is 5.82 Å². The maximum Gasteiger partial charge on any atom is 0.573 e. The summed E-state index contributed by atoms with van der Waals surface area (Å²) in [4.78, 5) is 26.0. The van der Waals surface area contributed by atoms with Crippen molar-refractivity contribution in [1.29, 1.82) is 0 Å². The summed E-state index contributed by atoms with van der Waals surface area (Å²) in [5.41, 5.74) is 0.347. The molecule has 1 N–H and O–H groups in total. The third-order valence-corrected chi connectivity index (χ3v) is 6.35. The molecule has 1 aromatic heterocycles. The molecule has 2 aromatic carbocycles. The number of aromatic nitrogens is 1. The zero-order valence-electron chi connectivity index (χ0n) is 19.4. The van der Waals surface area contributed by atoms with Crippen LogP contribution in [-0.2, 0) is 0 Å². The number of rotatable bonds is 6. The normalized spacial score (nSPS) is 16.5. The Morgan fingerprint density at radius 2 is 1.76 bits per heavy atom. The molecule has 3 aromatic rings. The third-order valence-electron chi connectivity index (χ3n) is 6.35. The maximum absolute atomic E-state index is 15.1. The molecule has 1 aliphatic heterocycles. The summed E-state index contributed by atoms with van der Waals surface area (Å²) in [6.45, 7) is 1.82. The number of fused-ring (bicyclic) bond motifs is 1. The molecule has 8 nitrogen and oxygen atoms in total. The minimum atomic E-state index is -4.75. The predicted molar refractivity (Wildman–Crippen MR) is 128 cm³/mol. The highest BCUT2D eigenvalue weighted by atomic mass is 19.4. The van der Waals surface area contributed by atoms with Crippen LogP contribution in [0.15, 0.2) is 52.5 Å². The van der Waals surface area contributed by atoms with E-state index in [9.17, 15) is 27.9 Å². The van der Waals surface area contributed by atoms with Crippen molar-refractivity contribution in [2.45, 2.75) is 25.2 Å². The smallest absolute Gasteiger partial charge is 0.477 e. The maximum atomic E-state index is 15.1. The molecule has 0 amide bonds. The second-order valence-electron chi connectivity index (χ2n) is 8.94. The summed E-state index contributed by atoms with van der Waals surface area (Å²) in [6, 6.07) is 8.14. The Balaban J connectivity index is 1.30. The molecule has 37 heavy (non-hydrogen) atoms. The van der Waals surface area contributed by atoms with Crippen molar-refractivity contribution in [3.63, 3.8) is 0 Å². The van der Waals surface area contributed by atoms with Crippen LogP contribution in [0.1, 0.15) is 34.8 Å². The predicted octanol–water partition coefficient (Wildman–Crippen LogP) is 4.23. The van der Waals surface area contributed by atoms with Crippen LogP contribution in [0.25, 0.3) is 10.9 Å². The molecular weight excluding hydrogens is 496 g/mol. The van der Waals surface area contributed by atoms with Crippen molar-refractivity contribution in [1.82, 2.24) is 9.58 Å². The van der Waals surface area contributed by atoms with Crippen molar-refractivity contribution < 1.29 is 32.2 Å². The zero-order chi connectivity index (χ0) is 26.3. The number of hydrogen-bond donors (Lipinski definition) is 1. The number of ether oxygens (including phenoxy) is 1. The van der Waals surface area contributed by atoms with E-state index in [1.54, 1.807) is 15.6 Å². The second-order valence-corrected chi connectivity index (χ2v) is 8.94. The van der Waals surface area contributed by atoms with E-state index in [1.807, 2.05) is 4.90 Å². The Morgan fingerprint density at radius 3 is 2.35 bits per heavy atom. The van der Waals surface area contributed by atoms with E-state index in [2.05, 4.69) is 9.84 Å². The fourth-order valence-corrected chi connectivity index (χ4v) is 4.36. The number of carboxylic acids is 1. The average Bonchev–Trinajstić information content (AvgIpc) is 3.68. The van der Waals surface area contributed by atoms with Crippen molar-refractivity contribution in [3.05, 3.63) is 69.8 Å². The van der Waals surface area contributed by atoms with Crippen LogP contribution < -0.4 is 15.1 Å². The van der Waals surface area contributed by atoms with Crippen molar-refractivity contribution in [3.8, 4) is 5.75 Å². The number of benzene rings is 2. The molecule has 1 aliphatic carbocycles. The monoisotopic (exact) mass is 518 g/mol. The lowest BCUT2D eigenvalue weighted by atomic mass is 10.1. The van der Waals surface area contributed by atoms with Crippen LogP contribution in [0.5, 0.6) is 5.75 Å². The molecule has 2 heterocycles. The van der Waals surface area contributed by atoms with Crippen LogP contribution in [0.4, 0.5) is 23.2 Å². The third kappa shape index (κ3) is 5.37. The van der Waals surface area contributed by atoms with Gasteiger partial charge in [0.05, 0.1) is 30.5 Å². The number of aromatic carboxylic acids is 1. The number of carbonyl (C=O) groups is 1. The first-order valence-corrected chi connectivity index (χ1v) is 11.6. The minimum Gasteiger partial charge on any atom is -0.477 e. The molecule has 5 rings (SSSR count). The van der Waals surface area contributed by atoms with Crippen molar-refractivity contribution in [2.75, 3.05) is 31.1 Å². The number of nitrogens with zero attached hydrogens (tertiary/aromatic N) is 4. The van der Waals surface area contributed by atoms with E-state index in [4.69, 9.17) is 0 Å². The van der Waals surface area contributed by atoms with Gasteiger partial charge in [0.1, 0.15) is 17.1 Å². The number of pyridine rings is 1. The Morgan fingerprint density at radius 1 is 1.08 bits per heavy atom. The van der Waals surface area contributed by atoms with Gasteiger partial charge < -0.3 is 19.3 Å². The van der Waals surface area contributed by atoms with E-state index >= 15 is 4.39 Å². The Labute approximate surface area is 208 Å². The molecule has 0 bridgehead atoms. The Bertz CT molecular complexity index is 1420. The number of hydrazone groups is 1. The number of halogens is 4. The van der Waals surface area contributed by atoms with Crippen molar-refractivity contribution >= 4 is 28.8 Å². The highest BCUT2D eigenvalue weighted by Crippen LogP contribution is 2.38. The van der Waals surface area contributed by atoms with Crippen LogP contribution in [0.3, 0.4) is 0 Å². The van der Waals surface area contributed by atoms with E-state index in [0.29, 0.717) is 42.9 Å². The van der Waals surface area contributed by atoms with E-state index in [-0.39, 0.29) is 22.7 Å². The quantitative estimate of drug-likeness (QED) is 0.388. The van der Waals surface area contributed by atoms with Gasteiger partial charge in [0, 0.05) is 30.7 Å². The Hall–Kier alpha value is -4.09. The lowest BCUT2D eigenvalue weighted by molar-refractivity contribution is -0.274. The SMILES string of the molecule is O=C(O)c1cn(C2CC2)c2cc(N3CCN(/N=C/c4ccc(OC(F)(F)F)cc4)CC3)c(F)cc2c1=O. The standard InChI is InChI=1S/C25H22F4N4O4/c26-20-11-18-21(33(16-3-4-16)14-19(23(18)34)24(35)36)12-22(20)31-7-9-32(10-8-31)30-13-15-1-5-17(6-2-15)37-25(27,28)29/h1-2,5-6,11-14,16H,3-4,7-10H2,(H,35,36)/b30-13+. The molecule has 1 saturated heterocycles. The first-order valence-electron chi connectivity index (χ1n) is 11.6. The zero-order valence-corrected chi connectivity index (χ0v) is 19.4. The molecule has 12 heteroatoms. The molecule has 194 valence electrons. The van der Waals surface area contributed by atoms with Gasteiger partial charge in [-0.25, -0.2) is 9.18 Å². The molecule has 0 atom stereocenters. The minimum absolute atomic E-state index is 0.0444. The topological polar surface area (TPSA) is 87.4 Å². The summed E-state index contributed by atoms with van der Waals surface area (Å²) in [7, 11) is 0. The van der Waals surface area contributed by atoms with Crippen LogP contribution >= 0.6 is 0 Å². The number of hydrogen-bond acceptors (Lipinski definition) is 6. The molecule has 2 fully saturated rings. The second kappa shape index (κ2) is 9.41. The van der Waals surface area contributed by atoms with Gasteiger partial charge in [-0.2, -0.15) is 5.10 Å². The molecule has 0 spiro atoms. The summed E-state index contributed by atoms with van der Waals surface area (Å²) in [5.74, 6) is -2.26. The molecular formula is C25H22F4N4O4. The van der Waals surface area contributed by atoms with Gasteiger partial charge >= 0.3 is 12.3 Å². The lowest BCUT2D eigenvalue weighted by Crippen LogP contribution is -2.44. The highest BCUT2D eigenvalue weighted by Gasteiger charge is 2.31. The summed E-state index contributed by atoms with van der Waals surface area (Å²) in [6.07, 6.45) is -0.160. The number of alkyl halides is 3. The summed E-state index contributed by atoms with van der Waals surface area (Å²) < 4.78 is 57.6. The highest BCUT2D eigenvalue weighted by molar-refractivity contribution is 5.93. The first kappa shape index (κ1) is 24.6. The van der Waals surface area contributed by atoms with E-state index < -0.39 is 23.6 Å². The van der Waals surface area contributed by atoms with Gasteiger partial charge in [-0.1, -0.05) is 0 Å². The average molecular weight is 518 g/mol. The number of anilines is 1. The van der Waals surface area contributed by atoms with E-state index in [0.717, 1.165) is 18.9 Å². The first-order chi connectivity index (χ1) is 17.6.